The van der Waals surface area contributed by atoms with Gasteiger partial charge in [-0.2, -0.15) is 0 Å². The topological polar surface area (TPSA) is 37.4 Å². The second-order valence-corrected chi connectivity index (χ2v) is 5.17. The molecule has 24 heavy (non-hydrogen) atoms. The van der Waals surface area contributed by atoms with Gasteiger partial charge in [0.1, 0.15) is 23.3 Å². The largest absolute Gasteiger partial charge is 0.277 e. The summed E-state index contributed by atoms with van der Waals surface area (Å²) in [5, 5.41) is 0. The van der Waals surface area contributed by atoms with E-state index in [0.717, 1.165) is 31.3 Å². The fourth-order valence-electron chi connectivity index (χ4n) is 2.53. The summed E-state index contributed by atoms with van der Waals surface area (Å²) in [5.41, 5.74) is -1.47. The minimum absolute atomic E-state index is 0.335. The van der Waals surface area contributed by atoms with Crippen LogP contribution < -0.4 is 0 Å². The molecule has 3 rings (SSSR count). The lowest BCUT2D eigenvalue weighted by atomic mass is 9.95. The Kier molecular flexibility index (Phi) is 3.71. The number of benzene rings is 2. The first-order valence-corrected chi connectivity index (χ1v) is 6.78. The maximum Gasteiger partial charge on any atom is 0.262 e. The Hall–Kier alpha value is -2.96. The average molecular weight is 335 g/mol. The number of amides is 2. The number of imide groups is 1. The van der Waals surface area contributed by atoms with E-state index in [1.54, 1.807) is 0 Å². The molecule has 0 unspecified atom stereocenters. The predicted molar refractivity (Wildman–Crippen MR) is 77.3 cm³/mol. The van der Waals surface area contributed by atoms with Crippen molar-refractivity contribution in [1.29, 1.82) is 0 Å². The summed E-state index contributed by atoms with van der Waals surface area (Å²) in [5.74, 6) is -5.58. The lowest BCUT2D eigenvalue weighted by Crippen LogP contribution is -2.26. The van der Waals surface area contributed by atoms with E-state index < -0.39 is 46.2 Å². The van der Waals surface area contributed by atoms with Crippen LogP contribution in [0.5, 0.6) is 0 Å². The zero-order valence-electron chi connectivity index (χ0n) is 12.2. The van der Waals surface area contributed by atoms with Crippen LogP contribution in [0.2, 0.25) is 0 Å². The number of carbonyl (C=O) groups excluding carboxylic acids is 2. The zero-order valence-corrected chi connectivity index (χ0v) is 12.2. The fraction of sp³-hybridized carbons (Fsp3) is 0.0588. The van der Waals surface area contributed by atoms with Gasteiger partial charge in [0.05, 0.1) is 11.1 Å². The van der Waals surface area contributed by atoms with Gasteiger partial charge in [-0.25, -0.2) is 17.6 Å². The Morgan fingerprint density at radius 2 is 1.08 bits per heavy atom. The van der Waals surface area contributed by atoms with E-state index in [0.29, 0.717) is 17.0 Å². The van der Waals surface area contributed by atoms with Crippen LogP contribution in [0, 0.1) is 23.3 Å². The summed E-state index contributed by atoms with van der Waals surface area (Å²) >= 11 is 0. The molecule has 2 amide bonds. The fourth-order valence-corrected chi connectivity index (χ4v) is 2.53. The average Bonchev–Trinajstić information content (AvgIpc) is 2.72. The van der Waals surface area contributed by atoms with Crippen molar-refractivity contribution in [3.8, 4) is 0 Å². The number of nitrogens with zero attached hydrogens (tertiary/aromatic N) is 1. The first-order chi connectivity index (χ1) is 11.3. The van der Waals surface area contributed by atoms with E-state index in [4.69, 9.17) is 0 Å². The quantitative estimate of drug-likeness (QED) is 0.625. The van der Waals surface area contributed by atoms with E-state index in [1.807, 2.05) is 0 Å². The lowest BCUT2D eigenvalue weighted by Gasteiger charge is -2.07. The SMILES string of the molecule is CN1C(=O)C(c2ccc(F)cc2F)=C(c2ccc(F)cc2F)C1=O. The van der Waals surface area contributed by atoms with E-state index in [-0.39, 0.29) is 11.1 Å². The van der Waals surface area contributed by atoms with Crippen molar-refractivity contribution in [2.75, 3.05) is 7.05 Å². The van der Waals surface area contributed by atoms with Gasteiger partial charge >= 0.3 is 0 Å². The molecule has 0 atom stereocenters. The first kappa shape index (κ1) is 15.9. The predicted octanol–water partition coefficient (Wildman–Crippen LogP) is 3.15. The molecular formula is C17H9F4NO2. The molecule has 0 saturated carbocycles. The van der Waals surface area contributed by atoms with Crippen molar-refractivity contribution in [3.63, 3.8) is 0 Å². The van der Waals surface area contributed by atoms with Crippen molar-refractivity contribution in [1.82, 2.24) is 4.90 Å². The monoisotopic (exact) mass is 335 g/mol. The summed E-state index contributed by atoms with van der Waals surface area (Å²) in [7, 11) is 1.15. The molecule has 2 aromatic carbocycles. The molecular weight excluding hydrogens is 326 g/mol. The molecule has 2 aromatic rings. The van der Waals surface area contributed by atoms with Crippen molar-refractivity contribution in [3.05, 3.63) is 70.8 Å². The van der Waals surface area contributed by atoms with Gasteiger partial charge in [0.15, 0.2) is 0 Å². The van der Waals surface area contributed by atoms with Crippen molar-refractivity contribution < 1.29 is 27.2 Å². The smallest absolute Gasteiger partial charge is 0.262 e. The van der Waals surface area contributed by atoms with E-state index in [1.165, 1.54) is 0 Å². The number of likely N-dealkylation sites (N-methyl/N-ethyl adjacent to an activating group) is 1. The number of carbonyl (C=O) groups is 2. The minimum Gasteiger partial charge on any atom is -0.277 e. The van der Waals surface area contributed by atoms with Gasteiger partial charge in [0.2, 0.25) is 0 Å². The highest BCUT2D eigenvalue weighted by Gasteiger charge is 2.39. The van der Waals surface area contributed by atoms with Crippen molar-refractivity contribution in [2.45, 2.75) is 0 Å². The summed E-state index contributed by atoms with van der Waals surface area (Å²) in [6, 6.07) is 4.92. The van der Waals surface area contributed by atoms with Gasteiger partial charge in [-0.3, -0.25) is 14.5 Å². The highest BCUT2D eigenvalue weighted by atomic mass is 19.1. The molecule has 0 spiro atoms. The van der Waals surface area contributed by atoms with Gasteiger partial charge in [-0.1, -0.05) is 0 Å². The van der Waals surface area contributed by atoms with Gasteiger partial charge < -0.3 is 0 Å². The van der Waals surface area contributed by atoms with Crippen LogP contribution in [-0.4, -0.2) is 23.8 Å². The minimum atomic E-state index is -1.07. The second kappa shape index (κ2) is 5.59. The van der Waals surface area contributed by atoms with Crippen molar-refractivity contribution in [2.24, 2.45) is 0 Å². The third-order valence-electron chi connectivity index (χ3n) is 3.69. The van der Waals surface area contributed by atoms with Crippen LogP contribution >= 0.6 is 0 Å². The molecule has 3 nitrogen and oxygen atoms in total. The van der Waals surface area contributed by atoms with E-state index in [9.17, 15) is 27.2 Å². The molecule has 0 aliphatic carbocycles. The normalized spacial score (nSPS) is 14.8. The first-order valence-electron chi connectivity index (χ1n) is 6.78. The van der Waals surface area contributed by atoms with E-state index in [2.05, 4.69) is 0 Å². The van der Waals surface area contributed by atoms with Crippen LogP contribution in [0.3, 0.4) is 0 Å². The molecule has 0 aromatic heterocycles. The molecule has 7 heteroatoms. The van der Waals surface area contributed by atoms with Crippen LogP contribution in [0.1, 0.15) is 11.1 Å². The summed E-state index contributed by atoms with van der Waals surface area (Å²) in [6.45, 7) is 0. The molecule has 0 N–H and O–H groups in total. The molecule has 1 aliphatic heterocycles. The van der Waals surface area contributed by atoms with Crippen molar-refractivity contribution >= 4 is 23.0 Å². The summed E-state index contributed by atoms with van der Waals surface area (Å²) in [4.78, 5) is 25.3. The maximum atomic E-state index is 14.1. The van der Waals surface area contributed by atoms with Crippen LogP contribution in [0.4, 0.5) is 17.6 Å². The van der Waals surface area contributed by atoms with Gasteiger partial charge in [0.25, 0.3) is 11.8 Å². The Bertz CT molecular complexity index is 847. The summed E-state index contributed by atoms with van der Waals surface area (Å²) in [6.07, 6.45) is 0. The second-order valence-electron chi connectivity index (χ2n) is 5.17. The Balaban J connectivity index is 2.33. The summed E-state index contributed by atoms with van der Waals surface area (Å²) < 4.78 is 54.3. The molecule has 0 fully saturated rings. The molecule has 122 valence electrons. The van der Waals surface area contributed by atoms with Crippen LogP contribution in [-0.2, 0) is 9.59 Å². The number of hydrogen-bond donors (Lipinski definition) is 0. The molecule has 1 aliphatic rings. The third-order valence-corrected chi connectivity index (χ3v) is 3.69. The molecule has 0 saturated heterocycles. The number of halogens is 4. The molecule has 0 bridgehead atoms. The highest BCUT2D eigenvalue weighted by molar-refractivity contribution is 6.48. The maximum absolute atomic E-state index is 14.1. The van der Waals surface area contributed by atoms with Crippen LogP contribution in [0.15, 0.2) is 36.4 Å². The molecule has 1 heterocycles. The van der Waals surface area contributed by atoms with Gasteiger partial charge in [-0.05, 0) is 24.3 Å². The van der Waals surface area contributed by atoms with Gasteiger partial charge in [0, 0.05) is 30.3 Å². The number of hydrogen-bond acceptors (Lipinski definition) is 2. The standard InChI is InChI=1S/C17H9F4NO2/c1-22-16(23)14(10-4-2-8(18)6-12(10)20)15(17(22)24)11-5-3-9(19)7-13(11)21/h2-7H,1H3. The van der Waals surface area contributed by atoms with Gasteiger partial charge in [-0.15, -0.1) is 0 Å². The Morgan fingerprint density at radius 1 is 0.708 bits per heavy atom. The highest BCUT2D eigenvalue weighted by Crippen LogP contribution is 2.37. The Labute approximate surface area is 133 Å². The number of rotatable bonds is 2. The van der Waals surface area contributed by atoms with Crippen LogP contribution in [0.25, 0.3) is 11.1 Å². The molecule has 0 radical (unpaired) electrons. The lowest BCUT2D eigenvalue weighted by molar-refractivity contribution is -0.134. The third kappa shape index (κ3) is 2.38. The zero-order chi connectivity index (χ0) is 17.6. The van der Waals surface area contributed by atoms with E-state index >= 15 is 0 Å². The Morgan fingerprint density at radius 3 is 1.42 bits per heavy atom.